The van der Waals surface area contributed by atoms with E-state index in [2.05, 4.69) is 38.5 Å². The summed E-state index contributed by atoms with van der Waals surface area (Å²) in [7, 11) is 3.77. The van der Waals surface area contributed by atoms with Crippen LogP contribution in [0.5, 0.6) is 5.75 Å². The lowest BCUT2D eigenvalue weighted by atomic mass is 9.90. The van der Waals surface area contributed by atoms with E-state index in [1.165, 1.54) is 5.69 Å². The molecule has 1 aromatic carbocycles. The number of alkyl halides is 3. The number of ether oxygens (including phenoxy) is 2. The molecule has 4 rings (SSSR count). The summed E-state index contributed by atoms with van der Waals surface area (Å²) in [5.41, 5.74) is 1.16. The first kappa shape index (κ1) is 24.8. The number of carboxylic acids is 1. The average Bonchev–Trinajstić information content (AvgIpc) is 3.18. The Morgan fingerprint density at radius 1 is 1.24 bits per heavy atom. The van der Waals surface area contributed by atoms with Crippen LogP contribution >= 0.6 is 0 Å². The van der Waals surface area contributed by atoms with Crippen molar-refractivity contribution in [3.63, 3.8) is 0 Å². The monoisotopic (exact) mass is 470 g/mol. The maximum atomic E-state index is 10.6. The molecule has 0 aliphatic carbocycles. The summed E-state index contributed by atoms with van der Waals surface area (Å²) in [6, 6.07) is 8.36. The van der Waals surface area contributed by atoms with Gasteiger partial charge in [0, 0.05) is 51.3 Å². The summed E-state index contributed by atoms with van der Waals surface area (Å²) in [6.45, 7) is 5.63. The number of carbonyl (C=O) groups is 1. The van der Waals surface area contributed by atoms with Gasteiger partial charge in [-0.25, -0.2) is 9.78 Å². The second kappa shape index (κ2) is 10.4. The Hall–Kier alpha value is -2.79. The highest BCUT2D eigenvalue weighted by Crippen LogP contribution is 2.32. The van der Waals surface area contributed by atoms with Gasteiger partial charge in [-0.1, -0.05) is 0 Å². The van der Waals surface area contributed by atoms with Crippen molar-refractivity contribution in [3.05, 3.63) is 42.5 Å². The Kier molecular flexibility index (Phi) is 7.85. The Morgan fingerprint density at radius 2 is 1.94 bits per heavy atom. The van der Waals surface area contributed by atoms with Crippen molar-refractivity contribution in [1.82, 2.24) is 14.5 Å². The van der Waals surface area contributed by atoms with Gasteiger partial charge in [0.05, 0.1) is 25.9 Å². The van der Waals surface area contributed by atoms with E-state index in [1.54, 1.807) is 7.11 Å². The Balaban J connectivity index is 0.000000383. The van der Waals surface area contributed by atoms with Gasteiger partial charge in [-0.3, -0.25) is 4.90 Å². The van der Waals surface area contributed by atoms with E-state index in [-0.39, 0.29) is 5.60 Å². The number of carboxylic acid groups (broad SMARTS) is 1. The van der Waals surface area contributed by atoms with Crippen LogP contribution in [-0.4, -0.2) is 77.2 Å². The van der Waals surface area contributed by atoms with E-state index in [9.17, 15) is 13.2 Å². The van der Waals surface area contributed by atoms with Crippen molar-refractivity contribution in [2.45, 2.75) is 31.2 Å². The number of imidazole rings is 1. The number of benzene rings is 1. The van der Waals surface area contributed by atoms with E-state index in [4.69, 9.17) is 19.4 Å². The number of hydrogen-bond acceptors (Lipinski definition) is 6. The molecule has 2 saturated heterocycles. The fourth-order valence-corrected chi connectivity index (χ4v) is 4.17. The fourth-order valence-electron chi connectivity index (χ4n) is 4.17. The number of anilines is 1. The number of aliphatic carboxylic acids is 1. The van der Waals surface area contributed by atoms with Gasteiger partial charge < -0.3 is 24.0 Å². The van der Waals surface area contributed by atoms with E-state index in [0.29, 0.717) is 0 Å². The molecular formula is C22H29F3N4O4. The third-order valence-electron chi connectivity index (χ3n) is 5.83. The van der Waals surface area contributed by atoms with Gasteiger partial charge in [-0.15, -0.1) is 0 Å². The smallest absolute Gasteiger partial charge is 0.490 e. The molecule has 0 amide bonds. The molecule has 0 saturated carbocycles. The Morgan fingerprint density at radius 3 is 2.52 bits per heavy atom. The van der Waals surface area contributed by atoms with E-state index >= 15 is 0 Å². The zero-order chi connectivity index (χ0) is 24.1. The molecule has 1 spiro atoms. The minimum Gasteiger partial charge on any atom is -0.497 e. The molecule has 1 N–H and O–H groups in total. The molecule has 1 unspecified atom stereocenters. The summed E-state index contributed by atoms with van der Waals surface area (Å²) in [4.78, 5) is 18.3. The van der Waals surface area contributed by atoms with Crippen molar-refractivity contribution < 1.29 is 32.5 Å². The highest BCUT2D eigenvalue weighted by molar-refractivity contribution is 5.73. The number of methoxy groups -OCH3 is 1. The van der Waals surface area contributed by atoms with Crippen LogP contribution in [0.25, 0.3) is 0 Å². The molecule has 1 aromatic heterocycles. The molecule has 1 atom stereocenters. The van der Waals surface area contributed by atoms with Gasteiger partial charge >= 0.3 is 12.1 Å². The normalized spacial score (nSPS) is 21.4. The van der Waals surface area contributed by atoms with Gasteiger partial charge in [0.1, 0.15) is 11.6 Å². The molecule has 3 heterocycles. The highest BCUT2D eigenvalue weighted by atomic mass is 19.4. The van der Waals surface area contributed by atoms with E-state index in [0.717, 1.165) is 63.7 Å². The second-order valence-electron chi connectivity index (χ2n) is 8.22. The number of halogens is 3. The van der Waals surface area contributed by atoms with Gasteiger partial charge in [0.15, 0.2) is 0 Å². The van der Waals surface area contributed by atoms with Crippen LogP contribution in [0.2, 0.25) is 0 Å². The highest BCUT2D eigenvalue weighted by Gasteiger charge is 2.41. The van der Waals surface area contributed by atoms with Crippen LogP contribution in [0.3, 0.4) is 0 Å². The summed E-state index contributed by atoms with van der Waals surface area (Å²) >= 11 is 0. The number of piperidine rings is 1. The largest absolute Gasteiger partial charge is 0.497 e. The lowest BCUT2D eigenvalue weighted by Gasteiger charge is -2.48. The van der Waals surface area contributed by atoms with Crippen molar-refractivity contribution in [3.8, 4) is 5.75 Å². The van der Waals surface area contributed by atoms with Crippen molar-refractivity contribution in [2.24, 2.45) is 7.05 Å². The summed E-state index contributed by atoms with van der Waals surface area (Å²) < 4.78 is 45.5. The summed E-state index contributed by atoms with van der Waals surface area (Å²) in [5, 5.41) is 7.12. The lowest BCUT2D eigenvalue weighted by molar-refractivity contribution is -0.192. The first-order chi connectivity index (χ1) is 15.6. The maximum absolute atomic E-state index is 10.6. The molecule has 182 valence electrons. The molecule has 11 heteroatoms. The van der Waals surface area contributed by atoms with Gasteiger partial charge in [-0.05, 0) is 37.1 Å². The predicted molar refractivity (Wildman–Crippen MR) is 115 cm³/mol. The molecule has 33 heavy (non-hydrogen) atoms. The van der Waals surface area contributed by atoms with Crippen LogP contribution in [0.15, 0.2) is 36.7 Å². The molecule has 2 aliphatic rings. The van der Waals surface area contributed by atoms with Crippen molar-refractivity contribution in [1.29, 1.82) is 0 Å². The fraction of sp³-hybridized carbons (Fsp3) is 0.545. The third kappa shape index (κ3) is 6.61. The van der Waals surface area contributed by atoms with Gasteiger partial charge in [0.25, 0.3) is 0 Å². The van der Waals surface area contributed by atoms with Crippen molar-refractivity contribution in [2.75, 3.05) is 44.8 Å². The molecule has 0 radical (unpaired) electrons. The standard InChI is InChI=1S/C20H28N4O2.C2HF3O2/c1-22-11-9-21-19(22)14-23-12-13-26-20(15-23)8-3-10-24(16-20)17-4-6-18(25-2)7-5-17;3-2(4,5)1(6)7/h4-7,9,11H,3,8,10,12-16H2,1-2H3;(H,6,7). The number of aromatic nitrogens is 2. The van der Waals surface area contributed by atoms with E-state index < -0.39 is 12.1 Å². The first-order valence-corrected chi connectivity index (χ1v) is 10.6. The number of hydrogen-bond donors (Lipinski definition) is 1. The number of rotatable bonds is 4. The number of nitrogens with zero attached hydrogens (tertiary/aromatic N) is 4. The Labute approximate surface area is 190 Å². The number of aryl methyl sites for hydroxylation is 1. The molecule has 2 aromatic rings. The minimum absolute atomic E-state index is 0.0818. The molecule has 2 aliphatic heterocycles. The van der Waals surface area contributed by atoms with E-state index in [1.807, 2.05) is 24.5 Å². The van der Waals surface area contributed by atoms with Crippen molar-refractivity contribution >= 4 is 11.7 Å². The van der Waals surface area contributed by atoms with Crippen LogP contribution in [0.1, 0.15) is 18.7 Å². The second-order valence-corrected chi connectivity index (χ2v) is 8.22. The molecule has 2 fully saturated rings. The third-order valence-corrected chi connectivity index (χ3v) is 5.83. The summed E-state index contributed by atoms with van der Waals surface area (Å²) in [6.07, 6.45) is 1.08. The SMILES string of the molecule is COc1ccc(N2CCCC3(CN(Cc4nccn4C)CCO3)C2)cc1.O=C(O)C(F)(F)F. The summed E-state index contributed by atoms with van der Waals surface area (Å²) in [5.74, 6) is -0.743. The average molecular weight is 470 g/mol. The maximum Gasteiger partial charge on any atom is 0.490 e. The van der Waals surface area contributed by atoms with Crippen LogP contribution in [-0.2, 0) is 23.1 Å². The molecule has 8 nitrogen and oxygen atoms in total. The zero-order valence-electron chi connectivity index (χ0n) is 18.7. The van der Waals surface area contributed by atoms with Crippen LogP contribution < -0.4 is 9.64 Å². The molecule has 0 bridgehead atoms. The van der Waals surface area contributed by atoms with Gasteiger partial charge in [-0.2, -0.15) is 13.2 Å². The molecular weight excluding hydrogens is 441 g/mol. The van der Waals surface area contributed by atoms with Gasteiger partial charge in [0.2, 0.25) is 0 Å². The predicted octanol–water partition coefficient (Wildman–Crippen LogP) is 2.93. The quantitative estimate of drug-likeness (QED) is 0.736. The zero-order valence-corrected chi connectivity index (χ0v) is 18.7. The Bertz CT molecular complexity index is 915. The first-order valence-electron chi connectivity index (χ1n) is 10.6. The van der Waals surface area contributed by atoms with Crippen LogP contribution in [0, 0.1) is 0 Å². The lowest BCUT2D eigenvalue weighted by Crippen LogP contribution is -2.59. The minimum atomic E-state index is -5.08. The number of morpholine rings is 1. The van der Waals surface area contributed by atoms with Crippen LogP contribution in [0.4, 0.5) is 18.9 Å². The topological polar surface area (TPSA) is 80.1 Å².